The monoisotopic (exact) mass is 484 g/mol. The Labute approximate surface area is 224 Å². The van der Waals surface area contributed by atoms with Crippen LogP contribution in [0, 0.1) is 0 Å². The summed E-state index contributed by atoms with van der Waals surface area (Å²) in [6.45, 7) is 0. The minimum absolute atomic E-state index is 0.363. The lowest BCUT2D eigenvalue weighted by molar-refractivity contribution is 0.769. The molecule has 0 N–H and O–H groups in total. The van der Waals surface area contributed by atoms with Crippen LogP contribution < -0.4 is 0 Å². The van der Waals surface area contributed by atoms with Crippen LogP contribution in [0.25, 0.3) is 22.3 Å². The van der Waals surface area contributed by atoms with Crippen molar-refractivity contribution in [3.05, 3.63) is 191 Å². The zero-order valence-corrected chi connectivity index (χ0v) is 21.2. The highest BCUT2D eigenvalue weighted by Gasteiger charge is 2.45. The van der Waals surface area contributed by atoms with E-state index in [0.717, 1.165) is 6.42 Å². The smallest absolute Gasteiger partial charge is 0.0622 e. The van der Waals surface area contributed by atoms with Crippen LogP contribution >= 0.6 is 0 Å². The van der Waals surface area contributed by atoms with Crippen molar-refractivity contribution in [3.8, 4) is 22.3 Å². The predicted octanol–water partition coefficient (Wildman–Crippen LogP) is 9.31. The summed E-state index contributed by atoms with van der Waals surface area (Å²) in [6.07, 6.45) is 0.950. The van der Waals surface area contributed by atoms with Gasteiger partial charge in [-0.2, -0.15) is 0 Å². The van der Waals surface area contributed by atoms with Crippen molar-refractivity contribution in [1.29, 1.82) is 0 Å². The molecular formula is C38H28. The average molecular weight is 485 g/mol. The number of fused-ring (bicyclic) bond motifs is 3. The summed E-state index contributed by atoms with van der Waals surface area (Å²) in [4.78, 5) is 0. The Morgan fingerprint density at radius 2 is 0.868 bits per heavy atom. The van der Waals surface area contributed by atoms with E-state index in [4.69, 9.17) is 0 Å². The molecule has 0 fully saturated rings. The molecule has 0 heterocycles. The Balaban J connectivity index is 1.40. The number of rotatable bonds is 5. The van der Waals surface area contributed by atoms with Crippen molar-refractivity contribution in [3.63, 3.8) is 0 Å². The van der Waals surface area contributed by atoms with Gasteiger partial charge in [-0.1, -0.05) is 152 Å². The molecule has 38 heavy (non-hydrogen) atoms. The van der Waals surface area contributed by atoms with E-state index in [1.807, 2.05) is 0 Å². The fourth-order valence-electron chi connectivity index (χ4n) is 6.27. The van der Waals surface area contributed by atoms with Gasteiger partial charge < -0.3 is 0 Å². The third kappa shape index (κ3) is 3.61. The average Bonchev–Trinajstić information content (AvgIpc) is 3.29. The summed E-state index contributed by atoms with van der Waals surface area (Å²) >= 11 is 0. The molecule has 0 bridgehead atoms. The zero-order valence-electron chi connectivity index (χ0n) is 21.2. The van der Waals surface area contributed by atoms with E-state index in [1.165, 1.54) is 55.6 Å². The van der Waals surface area contributed by atoms with Gasteiger partial charge >= 0.3 is 0 Å². The van der Waals surface area contributed by atoms with E-state index in [1.54, 1.807) is 0 Å². The molecule has 0 aromatic heterocycles. The highest BCUT2D eigenvalue weighted by molar-refractivity contribution is 5.88. The molecule has 1 aliphatic rings. The van der Waals surface area contributed by atoms with Gasteiger partial charge in [-0.25, -0.2) is 0 Å². The molecule has 0 atom stereocenters. The van der Waals surface area contributed by atoms with Gasteiger partial charge in [0, 0.05) is 0 Å². The van der Waals surface area contributed by atoms with Crippen molar-refractivity contribution in [1.82, 2.24) is 0 Å². The maximum Gasteiger partial charge on any atom is 0.0713 e. The Hall–Kier alpha value is -4.68. The van der Waals surface area contributed by atoms with Crippen LogP contribution in [-0.4, -0.2) is 0 Å². The largest absolute Gasteiger partial charge is 0.0713 e. The van der Waals surface area contributed by atoms with E-state index in [9.17, 15) is 0 Å². The lowest BCUT2D eigenvalue weighted by Gasteiger charge is -2.34. The first-order valence-electron chi connectivity index (χ1n) is 13.3. The standard InChI is InChI=1S/C38H28/c1-4-12-28(13-5-1)26-29-20-22-30(23-21-29)31-24-25-35-34-18-10-11-19-36(34)38(37(35)27-31,32-14-6-2-7-15-32)33-16-8-3-9-17-33/h1-25,27H,26H2. The molecule has 0 spiro atoms. The lowest BCUT2D eigenvalue weighted by Crippen LogP contribution is -2.28. The molecule has 0 amide bonds. The molecule has 7 rings (SSSR count). The summed E-state index contributed by atoms with van der Waals surface area (Å²) in [5.74, 6) is 0. The summed E-state index contributed by atoms with van der Waals surface area (Å²) in [7, 11) is 0. The topological polar surface area (TPSA) is 0 Å². The first-order chi connectivity index (χ1) is 18.8. The van der Waals surface area contributed by atoms with E-state index < -0.39 is 0 Å². The first-order valence-corrected chi connectivity index (χ1v) is 13.3. The minimum Gasteiger partial charge on any atom is -0.0622 e. The molecule has 0 saturated heterocycles. The summed E-state index contributed by atoms with van der Waals surface area (Å²) < 4.78 is 0. The number of hydrogen-bond donors (Lipinski definition) is 0. The lowest BCUT2D eigenvalue weighted by atomic mass is 9.67. The van der Waals surface area contributed by atoms with Crippen LogP contribution in [0.15, 0.2) is 158 Å². The summed E-state index contributed by atoms with van der Waals surface area (Å²) in [5, 5.41) is 0. The molecule has 0 unspecified atom stereocenters. The van der Waals surface area contributed by atoms with Gasteiger partial charge in [-0.15, -0.1) is 0 Å². The van der Waals surface area contributed by atoms with E-state index in [0.29, 0.717) is 0 Å². The van der Waals surface area contributed by atoms with Gasteiger partial charge in [-0.3, -0.25) is 0 Å². The van der Waals surface area contributed by atoms with Gasteiger partial charge in [0.05, 0.1) is 5.41 Å². The van der Waals surface area contributed by atoms with E-state index >= 15 is 0 Å². The van der Waals surface area contributed by atoms with Crippen LogP contribution in [0.2, 0.25) is 0 Å². The van der Waals surface area contributed by atoms with Crippen molar-refractivity contribution in [2.45, 2.75) is 11.8 Å². The quantitative estimate of drug-likeness (QED) is 0.228. The normalized spacial score (nSPS) is 13.1. The third-order valence-electron chi connectivity index (χ3n) is 8.00. The van der Waals surface area contributed by atoms with Crippen LogP contribution in [-0.2, 0) is 11.8 Å². The van der Waals surface area contributed by atoms with Crippen LogP contribution in [0.5, 0.6) is 0 Å². The molecule has 0 saturated carbocycles. The molecule has 6 aromatic carbocycles. The Morgan fingerprint density at radius 1 is 0.368 bits per heavy atom. The molecule has 6 aromatic rings. The Bertz CT molecular complexity index is 1660. The Kier molecular flexibility index (Phi) is 5.52. The molecular weight excluding hydrogens is 456 g/mol. The van der Waals surface area contributed by atoms with Crippen molar-refractivity contribution < 1.29 is 0 Å². The summed E-state index contributed by atoms with van der Waals surface area (Å²) in [6, 6.07) is 57.7. The second kappa shape index (κ2) is 9.32. The predicted molar refractivity (Wildman–Crippen MR) is 158 cm³/mol. The maximum atomic E-state index is 2.43. The molecule has 0 radical (unpaired) electrons. The van der Waals surface area contributed by atoms with E-state index in [2.05, 4.69) is 158 Å². The van der Waals surface area contributed by atoms with Gasteiger partial charge in [0.2, 0.25) is 0 Å². The number of hydrogen-bond acceptors (Lipinski definition) is 0. The SMILES string of the molecule is c1ccc(Cc2ccc(-c3ccc4c(c3)C(c3ccccc3)(c3ccccc3)c3ccccc3-4)cc2)cc1. The molecule has 0 aliphatic heterocycles. The van der Waals surface area contributed by atoms with Crippen molar-refractivity contribution in [2.75, 3.05) is 0 Å². The fraction of sp³-hybridized carbons (Fsp3) is 0.0526. The molecule has 0 heteroatoms. The first kappa shape index (κ1) is 22.5. The molecule has 1 aliphatic carbocycles. The highest BCUT2D eigenvalue weighted by Crippen LogP contribution is 2.56. The Morgan fingerprint density at radius 3 is 1.53 bits per heavy atom. The van der Waals surface area contributed by atoms with Gasteiger partial charge in [-0.05, 0) is 68.1 Å². The van der Waals surface area contributed by atoms with Crippen LogP contribution in [0.3, 0.4) is 0 Å². The fourth-order valence-corrected chi connectivity index (χ4v) is 6.27. The van der Waals surface area contributed by atoms with Gasteiger partial charge in [0.25, 0.3) is 0 Å². The van der Waals surface area contributed by atoms with Gasteiger partial charge in [0.1, 0.15) is 0 Å². The zero-order chi connectivity index (χ0) is 25.4. The second-order valence-electron chi connectivity index (χ2n) is 10.1. The highest BCUT2D eigenvalue weighted by atomic mass is 14.5. The number of benzene rings is 6. The van der Waals surface area contributed by atoms with Crippen LogP contribution in [0.4, 0.5) is 0 Å². The summed E-state index contributed by atoms with van der Waals surface area (Å²) in [5.41, 5.74) is 12.7. The third-order valence-corrected chi connectivity index (χ3v) is 8.00. The molecule has 0 nitrogen and oxygen atoms in total. The maximum absolute atomic E-state index is 2.43. The van der Waals surface area contributed by atoms with Crippen molar-refractivity contribution in [2.24, 2.45) is 0 Å². The van der Waals surface area contributed by atoms with Gasteiger partial charge in [0.15, 0.2) is 0 Å². The second-order valence-corrected chi connectivity index (χ2v) is 10.1. The minimum atomic E-state index is -0.363. The molecule has 180 valence electrons. The van der Waals surface area contributed by atoms with E-state index in [-0.39, 0.29) is 5.41 Å². The van der Waals surface area contributed by atoms with Crippen molar-refractivity contribution >= 4 is 0 Å². The van der Waals surface area contributed by atoms with Crippen LogP contribution in [0.1, 0.15) is 33.4 Å².